The number of ether oxygens (including phenoxy) is 1. The molecule has 0 aliphatic rings. The minimum absolute atomic E-state index is 0.0521. The molecule has 0 aromatic heterocycles. The van der Waals surface area contributed by atoms with E-state index in [-0.39, 0.29) is 13.0 Å². The molecule has 0 saturated heterocycles. The number of aliphatic hydroxyl groups is 1. The van der Waals surface area contributed by atoms with Gasteiger partial charge in [0, 0.05) is 6.42 Å². The predicted octanol–water partition coefficient (Wildman–Crippen LogP) is 0.280. The van der Waals surface area contributed by atoms with Gasteiger partial charge >= 0.3 is 5.97 Å². The largest absolute Gasteiger partial charge is 0.460 e. The summed E-state index contributed by atoms with van der Waals surface area (Å²) in [5.74, 6) is -1.38. The van der Waals surface area contributed by atoms with Crippen LogP contribution in [0.4, 0.5) is 0 Å². The predicted molar refractivity (Wildman–Crippen MR) is 42.6 cm³/mol. The number of carbonyl (C=O) groups excluding carboxylic acids is 2. The molecule has 0 aromatic carbocycles. The van der Waals surface area contributed by atoms with Crippen LogP contribution in [-0.2, 0) is 14.3 Å². The molecule has 70 valence electrons. The zero-order valence-corrected chi connectivity index (χ0v) is 7.37. The SMILES string of the molecule is CCOC(=O)C(=O)CCC(C)O. The number of ketones is 1. The number of esters is 1. The minimum Gasteiger partial charge on any atom is -0.460 e. The Kier molecular flexibility index (Phi) is 5.28. The quantitative estimate of drug-likeness (QED) is 0.480. The van der Waals surface area contributed by atoms with Crippen molar-refractivity contribution in [2.75, 3.05) is 6.61 Å². The lowest BCUT2D eigenvalue weighted by atomic mass is 10.1. The van der Waals surface area contributed by atoms with E-state index in [1.54, 1.807) is 13.8 Å². The highest BCUT2D eigenvalue weighted by Gasteiger charge is 2.14. The standard InChI is InChI=1S/C8H14O4/c1-3-12-8(11)7(10)5-4-6(2)9/h6,9H,3-5H2,1-2H3. The molecule has 0 aliphatic carbocycles. The van der Waals surface area contributed by atoms with Crippen LogP contribution < -0.4 is 0 Å². The number of carbonyl (C=O) groups is 2. The van der Waals surface area contributed by atoms with Crippen LogP contribution in [0.1, 0.15) is 26.7 Å². The number of rotatable bonds is 5. The summed E-state index contributed by atoms with van der Waals surface area (Å²) in [7, 11) is 0. The van der Waals surface area contributed by atoms with Gasteiger partial charge in [-0.1, -0.05) is 0 Å². The molecule has 0 rings (SSSR count). The van der Waals surface area contributed by atoms with E-state index in [9.17, 15) is 9.59 Å². The van der Waals surface area contributed by atoms with E-state index in [1.807, 2.05) is 0 Å². The minimum atomic E-state index is -0.807. The smallest absolute Gasteiger partial charge is 0.374 e. The topological polar surface area (TPSA) is 63.6 Å². The molecule has 0 heterocycles. The van der Waals surface area contributed by atoms with Crippen molar-refractivity contribution < 1.29 is 19.4 Å². The molecule has 1 N–H and O–H groups in total. The number of Topliss-reactive ketones (excluding diaryl/α,β-unsaturated/α-hetero) is 1. The highest BCUT2D eigenvalue weighted by Crippen LogP contribution is 1.97. The lowest BCUT2D eigenvalue weighted by molar-refractivity contribution is -0.153. The Morgan fingerprint density at radius 1 is 1.50 bits per heavy atom. The molecule has 0 bridgehead atoms. The van der Waals surface area contributed by atoms with Gasteiger partial charge in [-0.3, -0.25) is 4.79 Å². The molecule has 0 aromatic rings. The first-order chi connectivity index (χ1) is 5.57. The van der Waals surface area contributed by atoms with Gasteiger partial charge in [0.25, 0.3) is 0 Å². The van der Waals surface area contributed by atoms with Crippen molar-refractivity contribution in [1.29, 1.82) is 0 Å². The van der Waals surface area contributed by atoms with Crippen LogP contribution in [-0.4, -0.2) is 29.6 Å². The summed E-state index contributed by atoms with van der Waals surface area (Å²) < 4.78 is 4.47. The van der Waals surface area contributed by atoms with Crippen molar-refractivity contribution in [3.05, 3.63) is 0 Å². The van der Waals surface area contributed by atoms with Crippen molar-refractivity contribution in [1.82, 2.24) is 0 Å². The third kappa shape index (κ3) is 4.85. The summed E-state index contributed by atoms with van der Waals surface area (Å²) in [5.41, 5.74) is 0. The van der Waals surface area contributed by atoms with E-state index < -0.39 is 17.9 Å². The van der Waals surface area contributed by atoms with E-state index >= 15 is 0 Å². The maximum Gasteiger partial charge on any atom is 0.374 e. The first-order valence-corrected chi connectivity index (χ1v) is 3.96. The Bertz CT molecular complexity index is 162. The number of aliphatic hydroxyl groups excluding tert-OH is 1. The fraction of sp³-hybridized carbons (Fsp3) is 0.750. The van der Waals surface area contributed by atoms with Crippen molar-refractivity contribution in [2.24, 2.45) is 0 Å². The molecule has 0 aliphatic heterocycles. The van der Waals surface area contributed by atoms with Gasteiger partial charge in [-0.2, -0.15) is 0 Å². The van der Waals surface area contributed by atoms with Crippen LogP contribution in [0, 0.1) is 0 Å². The van der Waals surface area contributed by atoms with Gasteiger partial charge in [0.05, 0.1) is 12.7 Å². The maximum atomic E-state index is 10.9. The van der Waals surface area contributed by atoms with E-state index in [0.717, 1.165) is 0 Å². The van der Waals surface area contributed by atoms with Gasteiger partial charge in [0.2, 0.25) is 5.78 Å². The Morgan fingerprint density at radius 2 is 2.08 bits per heavy atom. The van der Waals surface area contributed by atoms with Crippen LogP contribution in [0.3, 0.4) is 0 Å². The molecule has 4 nitrogen and oxygen atoms in total. The maximum absolute atomic E-state index is 10.9. The molecule has 12 heavy (non-hydrogen) atoms. The molecule has 0 radical (unpaired) electrons. The fourth-order valence-electron chi connectivity index (χ4n) is 0.654. The number of hydrogen-bond acceptors (Lipinski definition) is 4. The van der Waals surface area contributed by atoms with Crippen LogP contribution in [0.5, 0.6) is 0 Å². The normalized spacial score (nSPS) is 12.2. The van der Waals surface area contributed by atoms with E-state index in [1.165, 1.54) is 0 Å². The van der Waals surface area contributed by atoms with Gasteiger partial charge in [0.1, 0.15) is 0 Å². The van der Waals surface area contributed by atoms with E-state index in [0.29, 0.717) is 6.42 Å². The van der Waals surface area contributed by atoms with Gasteiger partial charge < -0.3 is 9.84 Å². The highest BCUT2D eigenvalue weighted by atomic mass is 16.5. The zero-order chi connectivity index (χ0) is 9.56. The third-order valence-electron chi connectivity index (χ3n) is 1.29. The summed E-state index contributed by atoms with van der Waals surface area (Å²) in [4.78, 5) is 21.6. The number of hydrogen-bond donors (Lipinski definition) is 1. The van der Waals surface area contributed by atoms with Crippen LogP contribution in [0.2, 0.25) is 0 Å². The Balaban J connectivity index is 3.65. The van der Waals surface area contributed by atoms with Gasteiger partial charge in [-0.15, -0.1) is 0 Å². The molecule has 1 atom stereocenters. The molecule has 0 saturated carbocycles. The van der Waals surface area contributed by atoms with Crippen molar-refractivity contribution >= 4 is 11.8 Å². The lowest BCUT2D eigenvalue weighted by Gasteiger charge is -2.02. The molecule has 0 fully saturated rings. The second-order valence-electron chi connectivity index (χ2n) is 2.53. The van der Waals surface area contributed by atoms with E-state index in [2.05, 4.69) is 4.74 Å². The van der Waals surface area contributed by atoms with Crippen molar-refractivity contribution in [3.8, 4) is 0 Å². The summed E-state index contributed by atoms with van der Waals surface area (Å²) in [6, 6.07) is 0. The highest BCUT2D eigenvalue weighted by molar-refractivity contribution is 6.33. The third-order valence-corrected chi connectivity index (χ3v) is 1.29. The summed E-state index contributed by atoms with van der Waals surface area (Å²) >= 11 is 0. The monoisotopic (exact) mass is 174 g/mol. The molecule has 4 heteroatoms. The second-order valence-corrected chi connectivity index (χ2v) is 2.53. The van der Waals surface area contributed by atoms with Gasteiger partial charge in [-0.25, -0.2) is 4.79 Å². The van der Waals surface area contributed by atoms with Crippen LogP contribution in [0.15, 0.2) is 0 Å². The van der Waals surface area contributed by atoms with Crippen LogP contribution >= 0.6 is 0 Å². The fourth-order valence-corrected chi connectivity index (χ4v) is 0.654. The first kappa shape index (κ1) is 11.1. The van der Waals surface area contributed by atoms with Crippen molar-refractivity contribution in [2.45, 2.75) is 32.8 Å². The first-order valence-electron chi connectivity index (χ1n) is 3.96. The van der Waals surface area contributed by atoms with Gasteiger partial charge in [-0.05, 0) is 20.3 Å². The Labute approximate surface area is 71.5 Å². The average Bonchev–Trinajstić information content (AvgIpc) is 2.00. The summed E-state index contributed by atoms with van der Waals surface area (Å²) in [5, 5.41) is 8.81. The summed E-state index contributed by atoms with van der Waals surface area (Å²) in [6.07, 6.45) is -0.197. The molecular formula is C8H14O4. The average molecular weight is 174 g/mol. The zero-order valence-electron chi connectivity index (χ0n) is 7.37. The molecule has 0 spiro atoms. The molecule has 1 unspecified atom stereocenters. The van der Waals surface area contributed by atoms with Gasteiger partial charge in [0.15, 0.2) is 0 Å². The Morgan fingerprint density at radius 3 is 2.50 bits per heavy atom. The molecular weight excluding hydrogens is 160 g/mol. The van der Waals surface area contributed by atoms with Crippen LogP contribution in [0.25, 0.3) is 0 Å². The Hall–Kier alpha value is -0.900. The van der Waals surface area contributed by atoms with Crippen molar-refractivity contribution in [3.63, 3.8) is 0 Å². The van der Waals surface area contributed by atoms with E-state index in [4.69, 9.17) is 5.11 Å². The summed E-state index contributed by atoms with van der Waals surface area (Å²) in [6.45, 7) is 3.41. The lowest BCUT2D eigenvalue weighted by Crippen LogP contribution is -2.18. The second kappa shape index (κ2) is 5.71. The molecule has 0 amide bonds.